The number of amides is 1. The first-order valence-electron chi connectivity index (χ1n) is 9.67. The maximum atomic E-state index is 12.8. The summed E-state index contributed by atoms with van der Waals surface area (Å²) >= 11 is 6.17. The second kappa shape index (κ2) is 8.89. The predicted molar refractivity (Wildman–Crippen MR) is 124 cm³/mol. The molecule has 0 bridgehead atoms. The second-order valence-electron chi connectivity index (χ2n) is 6.76. The van der Waals surface area contributed by atoms with E-state index >= 15 is 0 Å². The van der Waals surface area contributed by atoms with Crippen LogP contribution in [-0.4, -0.2) is 30.9 Å². The fourth-order valence-electron chi connectivity index (χ4n) is 3.03. The molecule has 3 N–H and O–H groups in total. The molecule has 0 saturated carbocycles. The fraction of sp³-hybridized carbons (Fsp3) is 0.0909. The molecule has 10 heteroatoms. The van der Waals surface area contributed by atoms with E-state index in [0.29, 0.717) is 23.6 Å². The number of rotatable bonds is 7. The molecule has 0 fully saturated rings. The van der Waals surface area contributed by atoms with Gasteiger partial charge in [-0.15, -0.1) is 0 Å². The van der Waals surface area contributed by atoms with Gasteiger partial charge in [0.15, 0.2) is 0 Å². The number of H-pyrrole nitrogens is 1. The Morgan fingerprint density at radius 3 is 2.56 bits per heavy atom. The van der Waals surface area contributed by atoms with E-state index < -0.39 is 15.9 Å². The Bertz CT molecular complexity index is 1350. The minimum absolute atomic E-state index is 0.00157. The van der Waals surface area contributed by atoms with Crippen LogP contribution in [0.1, 0.15) is 17.3 Å². The highest BCUT2D eigenvalue weighted by atomic mass is 35.5. The number of aromatic amines is 1. The Labute approximate surface area is 189 Å². The van der Waals surface area contributed by atoms with Crippen LogP contribution in [0.4, 0.5) is 11.6 Å². The van der Waals surface area contributed by atoms with Gasteiger partial charge in [0.1, 0.15) is 5.75 Å². The van der Waals surface area contributed by atoms with E-state index in [4.69, 9.17) is 16.3 Å². The van der Waals surface area contributed by atoms with E-state index in [2.05, 4.69) is 20.0 Å². The third-order valence-electron chi connectivity index (χ3n) is 4.53. The van der Waals surface area contributed by atoms with Gasteiger partial charge >= 0.3 is 0 Å². The van der Waals surface area contributed by atoms with Crippen molar-refractivity contribution in [3.63, 3.8) is 0 Å². The summed E-state index contributed by atoms with van der Waals surface area (Å²) in [6.07, 6.45) is 0. The minimum Gasteiger partial charge on any atom is -0.494 e. The maximum absolute atomic E-state index is 12.8. The first-order valence-corrected chi connectivity index (χ1v) is 11.5. The van der Waals surface area contributed by atoms with E-state index in [9.17, 15) is 13.2 Å². The van der Waals surface area contributed by atoms with E-state index in [1.54, 1.807) is 30.3 Å². The van der Waals surface area contributed by atoms with Gasteiger partial charge in [-0.1, -0.05) is 23.7 Å². The number of para-hydroxylation sites is 2. The number of anilines is 2. The zero-order valence-electron chi connectivity index (χ0n) is 16.9. The highest BCUT2D eigenvalue weighted by molar-refractivity contribution is 7.92. The first-order chi connectivity index (χ1) is 15.4. The zero-order chi connectivity index (χ0) is 22.7. The molecule has 4 aromatic rings. The number of benzene rings is 3. The summed E-state index contributed by atoms with van der Waals surface area (Å²) in [5, 5.41) is 2.73. The minimum atomic E-state index is -3.96. The molecule has 0 radical (unpaired) electrons. The molecule has 164 valence electrons. The number of ether oxygens (including phenoxy) is 1. The first kappa shape index (κ1) is 21.7. The average molecular weight is 471 g/mol. The number of sulfonamides is 1. The van der Waals surface area contributed by atoms with Crippen LogP contribution in [-0.2, 0) is 10.0 Å². The van der Waals surface area contributed by atoms with Crippen LogP contribution in [0, 0.1) is 0 Å². The Morgan fingerprint density at radius 2 is 1.84 bits per heavy atom. The number of halogens is 1. The van der Waals surface area contributed by atoms with Gasteiger partial charge in [-0.25, -0.2) is 13.4 Å². The van der Waals surface area contributed by atoms with Gasteiger partial charge in [-0.3, -0.25) is 14.8 Å². The van der Waals surface area contributed by atoms with Gasteiger partial charge in [-0.2, -0.15) is 0 Å². The zero-order valence-corrected chi connectivity index (χ0v) is 18.5. The van der Waals surface area contributed by atoms with E-state index in [0.717, 1.165) is 5.52 Å². The molecule has 1 heterocycles. The van der Waals surface area contributed by atoms with Crippen LogP contribution in [0.3, 0.4) is 0 Å². The topological polar surface area (TPSA) is 113 Å². The summed E-state index contributed by atoms with van der Waals surface area (Å²) < 4.78 is 33.5. The molecular weight excluding hydrogens is 452 g/mol. The van der Waals surface area contributed by atoms with Crippen molar-refractivity contribution in [3.05, 3.63) is 77.3 Å². The lowest BCUT2D eigenvalue weighted by Crippen LogP contribution is -2.17. The third kappa shape index (κ3) is 4.68. The summed E-state index contributed by atoms with van der Waals surface area (Å²) in [7, 11) is -3.96. The second-order valence-corrected chi connectivity index (χ2v) is 8.85. The molecule has 4 rings (SSSR count). The third-order valence-corrected chi connectivity index (χ3v) is 6.24. The smallest absolute Gasteiger partial charge is 0.261 e. The van der Waals surface area contributed by atoms with E-state index in [1.165, 1.54) is 18.2 Å². The summed E-state index contributed by atoms with van der Waals surface area (Å²) in [5.74, 6) is 0.270. The van der Waals surface area contributed by atoms with Crippen LogP contribution < -0.4 is 14.8 Å². The van der Waals surface area contributed by atoms with Crippen LogP contribution >= 0.6 is 11.6 Å². The van der Waals surface area contributed by atoms with Crippen molar-refractivity contribution >= 4 is 50.2 Å². The Morgan fingerprint density at radius 1 is 1.09 bits per heavy atom. The van der Waals surface area contributed by atoms with Crippen LogP contribution in [0.15, 0.2) is 71.6 Å². The molecule has 0 aliphatic carbocycles. The normalized spacial score (nSPS) is 11.3. The summed E-state index contributed by atoms with van der Waals surface area (Å²) in [5.41, 5.74) is 1.80. The van der Waals surface area contributed by atoms with Crippen molar-refractivity contribution in [2.24, 2.45) is 0 Å². The monoisotopic (exact) mass is 470 g/mol. The van der Waals surface area contributed by atoms with Crippen LogP contribution in [0.25, 0.3) is 11.0 Å². The van der Waals surface area contributed by atoms with Crippen molar-refractivity contribution in [2.75, 3.05) is 16.6 Å². The predicted octanol–water partition coefficient (Wildman–Crippen LogP) is 4.67. The van der Waals surface area contributed by atoms with Gasteiger partial charge in [0.05, 0.1) is 33.1 Å². The molecule has 0 atom stereocenters. The highest BCUT2D eigenvalue weighted by Crippen LogP contribution is 2.24. The average Bonchev–Trinajstić information content (AvgIpc) is 3.17. The molecule has 1 amide bonds. The summed E-state index contributed by atoms with van der Waals surface area (Å²) in [4.78, 5) is 19.9. The molecule has 0 aliphatic rings. The Hall–Kier alpha value is -3.56. The lowest BCUT2D eigenvalue weighted by Gasteiger charge is -2.11. The van der Waals surface area contributed by atoms with Gasteiger partial charge < -0.3 is 9.72 Å². The van der Waals surface area contributed by atoms with Crippen molar-refractivity contribution < 1.29 is 17.9 Å². The number of carbonyl (C=O) groups is 1. The summed E-state index contributed by atoms with van der Waals surface area (Å²) in [6.45, 7) is 2.37. The standard InChI is InChI=1S/C22H19ClN4O4S/c1-2-31-15-9-7-14(8-10-15)27-32(29,30)16-11-12-18(23)17(13-16)21(28)26-22-24-19-5-3-4-6-20(19)25-22/h3-13,27H,2H2,1H3,(H2,24,25,26,28). The number of fused-ring (bicyclic) bond motifs is 1. The molecule has 0 spiro atoms. The van der Waals surface area contributed by atoms with E-state index in [-0.39, 0.29) is 21.4 Å². The van der Waals surface area contributed by atoms with Crippen molar-refractivity contribution in [3.8, 4) is 5.75 Å². The number of aromatic nitrogens is 2. The Kier molecular flexibility index (Phi) is 6.02. The summed E-state index contributed by atoms with van der Waals surface area (Å²) in [6, 6.07) is 17.7. The number of nitrogens with zero attached hydrogens (tertiary/aromatic N) is 1. The highest BCUT2D eigenvalue weighted by Gasteiger charge is 2.20. The number of hydrogen-bond acceptors (Lipinski definition) is 5. The molecule has 8 nitrogen and oxygen atoms in total. The van der Waals surface area contributed by atoms with Gasteiger partial charge in [0.2, 0.25) is 5.95 Å². The molecule has 0 aliphatic heterocycles. The van der Waals surface area contributed by atoms with Crippen LogP contribution in [0.5, 0.6) is 5.75 Å². The van der Waals surface area contributed by atoms with Crippen molar-refractivity contribution in [2.45, 2.75) is 11.8 Å². The molecular formula is C22H19ClN4O4S. The number of imidazole rings is 1. The molecule has 3 aromatic carbocycles. The molecule has 0 unspecified atom stereocenters. The molecule has 1 aromatic heterocycles. The van der Waals surface area contributed by atoms with Crippen molar-refractivity contribution in [1.29, 1.82) is 0 Å². The van der Waals surface area contributed by atoms with Crippen molar-refractivity contribution in [1.82, 2.24) is 9.97 Å². The molecule has 32 heavy (non-hydrogen) atoms. The fourth-order valence-corrected chi connectivity index (χ4v) is 4.32. The maximum Gasteiger partial charge on any atom is 0.261 e. The quantitative estimate of drug-likeness (QED) is 0.363. The van der Waals surface area contributed by atoms with Crippen LogP contribution in [0.2, 0.25) is 5.02 Å². The lowest BCUT2D eigenvalue weighted by molar-refractivity contribution is 0.102. The van der Waals surface area contributed by atoms with E-state index in [1.807, 2.05) is 25.1 Å². The largest absolute Gasteiger partial charge is 0.494 e. The van der Waals surface area contributed by atoms with Gasteiger partial charge in [0, 0.05) is 5.69 Å². The lowest BCUT2D eigenvalue weighted by atomic mass is 10.2. The Balaban J connectivity index is 1.56. The number of carbonyl (C=O) groups excluding carboxylic acids is 1. The molecule has 0 saturated heterocycles. The number of nitrogens with one attached hydrogen (secondary N) is 3. The van der Waals surface area contributed by atoms with Gasteiger partial charge in [0.25, 0.3) is 15.9 Å². The SMILES string of the molecule is CCOc1ccc(NS(=O)(=O)c2ccc(Cl)c(C(=O)Nc3nc4ccccc4[nH]3)c2)cc1. The number of hydrogen-bond donors (Lipinski definition) is 3. The van der Waals surface area contributed by atoms with Gasteiger partial charge in [-0.05, 0) is 61.5 Å².